The van der Waals surface area contributed by atoms with Crippen LogP contribution in [0.1, 0.15) is 0 Å². The normalized spacial score (nSPS) is 10.1. The molecule has 0 aliphatic heterocycles. The minimum absolute atomic E-state index is 0.170. The van der Waals surface area contributed by atoms with Gasteiger partial charge < -0.3 is 0 Å². The van der Waals surface area contributed by atoms with Crippen LogP contribution in [0.5, 0.6) is 0 Å². The molecule has 5 heteroatoms. The van der Waals surface area contributed by atoms with Gasteiger partial charge in [-0.25, -0.2) is 4.98 Å². The van der Waals surface area contributed by atoms with E-state index in [1.54, 1.807) is 30.6 Å². The molecule has 0 radical (unpaired) electrons. The fourth-order valence-corrected chi connectivity index (χ4v) is 1.28. The first-order chi connectivity index (χ1) is 6.77. The molecule has 2 aromatic rings. The summed E-state index contributed by atoms with van der Waals surface area (Å²) in [6.45, 7) is 0. The number of pyridine rings is 1. The quantitative estimate of drug-likeness (QED) is 0.720. The molecule has 14 heavy (non-hydrogen) atoms. The third-order valence-electron chi connectivity index (χ3n) is 1.67. The van der Waals surface area contributed by atoms with E-state index in [4.69, 9.17) is 0 Å². The molecule has 0 spiro atoms. The van der Waals surface area contributed by atoms with E-state index in [-0.39, 0.29) is 5.56 Å². The van der Waals surface area contributed by atoms with Crippen LogP contribution < -0.4 is 5.56 Å². The van der Waals surface area contributed by atoms with Crippen molar-refractivity contribution in [2.24, 2.45) is 0 Å². The van der Waals surface area contributed by atoms with Gasteiger partial charge in [0.25, 0.3) is 5.56 Å². The molecule has 2 rings (SSSR count). The Balaban J connectivity index is 2.56. The van der Waals surface area contributed by atoms with Crippen molar-refractivity contribution in [2.75, 3.05) is 0 Å². The second-order valence-corrected chi connectivity index (χ2v) is 3.43. The SMILES string of the molecule is O=c1cccnn1-c1ccc(Br)nc1. The van der Waals surface area contributed by atoms with Crippen molar-refractivity contribution in [1.29, 1.82) is 0 Å². The van der Waals surface area contributed by atoms with Gasteiger partial charge in [-0.05, 0) is 34.1 Å². The van der Waals surface area contributed by atoms with Gasteiger partial charge in [0.1, 0.15) is 4.60 Å². The summed E-state index contributed by atoms with van der Waals surface area (Å²) in [5.74, 6) is 0. The van der Waals surface area contributed by atoms with Crippen LogP contribution in [0.4, 0.5) is 0 Å². The van der Waals surface area contributed by atoms with Gasteiger partial charge in [0.05, 0.1) is 11.9 Å². The first-order valence-corrected chi connectivity index (χ1v) is 4.73. The van der Waals surface area contributed by atoms with Crippen molar-refractivity contribution < 1.29 is 0 Å². The molecule has 0 saturated heterocycles. The summed E-state index contributed by atoms with van der Waals surface area (Å²) in [6, 6.07) is 6.59. The van der Waals surface area contributed by atoms with Gasteiger partial charge in [0, 0.05) is 12.3 Å². The highest BCUT2D eigenvalue weighted by Gasteiger charge is 1.99. The van der Waals surface area contributed by atoms with Gasteiger partial charge in [-0.15, -0.1) is 0 Å². The van der Waals surface area contributed by atoms with E-state index in [1.807, 2.05) is 0 Å². The van der Waals surface area contributed by atoms with Gasteiger partial charge in [0.2, 0.25) is 0 Å². The molecule has 0 N–H and O–H groups in total. The molecule has 2 heterocycles. The first-order valence-electron chi connectivity index (χ1n) is 3.94. The van der Waals surface area contributed by atoms with Crippen molar-refractivity contribution in [3.05, 3.63) is 51.6 Å². The van der Waals surface area contributed by atoms with Gasteiger partial charge in [-0.3, -0.25) is 4.79 Å². The molecule has 4 nitrogen and oxygen atoms in total. The van der Waals surface area contributed by atoms with Crippen LogP contribution in [-0.4, -0.2) is 14.8 Å². The van der Waals surface area contributed by atoms with Gasteiger partial charge >= 0.3 is 0 Å². The Bertz CT molecular complexity index is 492. The van der Waals surface area contributed by atoms with E-state index < -0.39 is 0 Å². The predicted octanol–water partition coefficient (Wildman–Crippen LogP) is 1.39. The number of rotatable bonds is 1. The van der Waals surface area contributed by atoms with Crippen molar-refractivity contribution in [2.45, 2.75) is 0 Å². The lowest BCUT2D eigenvalue weighted by Gasteiger charge is -2.01. The molecule has 0 fully saturated rings. The first kappa shape index (κ1) is 9.08. The lowest BCUT2D eigenvalue weighted by atomic mass is 10.4. The van der Waals surface area contributed by atoms with Crippen LogP contribution in [-0.2, 0) is 0 Å². The standard InChI is InChI=1S/C9H6BrN3O/c10-8-4-3-7(6-11-8)13-9(14)2-1-5-12-13/h1-6H. The zero-order valence-electron chi connectivity index (χ0n) is 7.09. The molecule has 0 aliphatic rings. The smallest absolute Gasteiger partial charge is 0.267 e. The molecular formula is C9H6BrN3O. The Morgan fingerprint density at radius 3 is 2.79 bits per heavy atom. The molecule has 70 valence electrons. The predicted molar refractivity (Wildman–Crippen MR) is 55.3 cm³/mol. The maximum Gasteiger partial charge on any atom is 0.271 e. The fraction of sp³-hybridized carbons (Fsp3) is 0. The fourth-order valence-electron chi connectivity index (χ4n) is 1.05. The topological polar surface area (TPSA) is 47.8 Å². The van der Waals surface area contributed by atoms with Gasteiger partial charge in [-0.1, -0.05) is 0 Å². The van der Waals surface area contributed by atoms with E-state index in [0.29, 0.717) is 5.69 Å². The molecule has 0 bridgehead atoms. The van der Waals surface area contributed by atoms with Crippen LogP contribution >= 0.6 is 15.9 Å². The van der Waals surface area contributed by atoms with Crippen molar-refractivity contribution in [3.8, 4) is 5.69 Å². The van der Waals surface area contributed by atoms with E-state index in [9.17, 15) is 4.79 Å². The largest absolute Gasteiger partial charge is 0.271 e. The van der Waals surface area contributed by atoms with E-state index >= 15 is 0 Å². The third kappa shape index (κ3) is 1.72. The highest BCUT2D eigenvalue weighted by molar-refractivity contribution is 9.10. The molecule has 0 atom stereocenters. The number of aromatic nitrogens is 3. The lowest BCUT2D eigenvalue weighted by Crippen LogP contribution is -2.19. The summed E-state index contributed by atoms with van der Waals surface area (Å²) in [5, 5.41) is 3.93. The Labute approximate surface area is 88.4 Å². The highest BCUT2D eigenvalue weighted by Crippen LogP contribution is 2.07. The van der Waals surface area contributed by atoms with Crippen LogP contribution in [0, 0.1) is 0 Å². The minimum atomic E-state index is -0.170. The molecule has 0 saturated carbocycles. The number of hydrogen-bond donors (Lipinski definition) is 0. The van der Waals surface area contributed by atoms with Gasteiger partial charge in [-0.2, -0.15) is 9.78 Å². The molecule has 0 amide bonds. The Morgan fingerprint density at radius 2 is 2.14 bits per heavy atom. The average Bonchev–Trinajstić information content (AvgIpc) is 2.20. The van der Waals surface area contributed by atoms with Crippen LogP contribution in [0.25, 0.3) is 5.69 Å². The molecule has 0 aromatic carbocycles. The Hall–Kier alpha value is -1.49. The zero-order chi connectivity index (χ0) is 9.97. The second-order valence-electron chi connectivity index (χ2n) is 2.61. The molecule has 2 aromatic heterocycles. The molecular weight excluding hydrogens is 246 g/mol. The van der Waals surface area contributed by atoms with Crippen molar-refractivity contribution >= 4 is 15.9 Å². The Kier molecular flexibility index (Phi) is 2.41. The number of hydrogen-bond acceptors (Lipinski definition) is 3. The summed E-state index contributed by atoms with van der Waals surface area (Å²) in [7, 11) is 0. The lowest BCUT2D eigenvalue weighted by molar-refractivity contribution is 0.801. The van der Waals surface area contributed by atoms with E-state index in [2.05, 4.69) is 26.0 Å². The zero-order valence-corrected chi connectivity index (χ0v) is 8.68. The van der Waals surface area contributed by atoms with Crippen molar-refractivity contribution in [1.82, 2.24) is 14.8 Å². The monoisotopic (exact) mass is 251 g/mol. The Morgan fingerprint density at radius 1 is 1.29 bits per heavy atom. The third-order valence-corrected chi connectivity index (χ3v) is 2.14. The average molecular weight is 252 g/mol. The van der Waals surface area contributed by atoms with Crippen LogP contribution in [0.15, 0.2) is 46.1 Å². The van der Waals surface area contributed by atoms with Gasteiger partial charge in [0.15, 0.2) is 0 Å². The molecule has 0 unspecified atom stereocenters. The van der Waals surface area contributed by atoms with E-state index in [1.165, 1.54) is 10.7 Å². The number of nitrogens with zero attached hydrogens (tertiary/aromatic N) is 3. The summed E-state index contributed by atoms with van der Waals surface area (Å²) in [6.07, 6.45) is 3.14. The minimum Gasteiger partial charge on any atom is -0.267 e. The maximum atomic E-state index is 11.4. The summed E-state index contributed by atoms with van der Waals surface area (Å²) in [4.78, 5) is 15.4. The van der Waals surface area contributed by atoms with Crippen molar-refractivity contribution in [3.63, 3.8) is 0 Å². The van der Waals surface area contributed by atoms with Crippen LogP contribution in [0.2, 0.25) is 0 Å². The molecule has 0 aliphatic carbocycles. The maximum absolute atomic E-state index is 11.4. The summed E-state index contributed by atoms with van der Waals surface area (Å²) in [5.41, 5.74) is 0.482. The summed E-state index contributed by atoms with van der Waals surface area (Å²) < 4.78 is 2.02. The van der Waals surface area contributed by atoms with Crippen LogP contribution in [0.3, 0.4) is 0 Å². The second kappa shape index (κ2) is 3.71. The highest BCUT2D eigenvalue weighted by atomic mass is 79.9. The van der Waals surface area contributed by atoms with E-state index in [0.717, 1.165) is 4.60 Å². The number of halogens is 1. The summed E-state index contributed by atoms with van der Waals surface area (Å²) >= 11 is 3.22.